The second kappa shape index (κ2) is 8.53. The normalized spacial score (nSPS) is 9.32. The van der Waals surface area contributed by atoms with Gasteiger partial charge in [0.2, 0.25) is 5.91 Å². The number of amides is 1. The number of hydrogen-bond donors (Lipinski definition) is 1. The van der Waals surface area contributed by atoms with Crippen molar-refractivity contribution in [3.05, 3.63) is 75.8 Å². The number of alkyl halides is 1. The molecule has 2 rings (SSSR count). The lowest BCUT2D eigenvalue weighted by atomic mass is 10.0. The molecule has 0 atom stereocenters. The minimum absolute atomic E-state index is 0.0771. The second-order valence-corrected chi connectivity index (χ2v) is 4.37. The number of carbonyl (C=O) groups is 2. The number of hydrogen-bond acceptors (Lipinski definition) is 4. The molecule has 0 saturated heterocycles. The highest BCUT2D eigenvalue weighted by molar-refractivity contribution is 6.27. The minimum Gasteiger partial charge on any atom is -0.369 e. The number of nitrogens with two attached hydrogens (primary N) is 1. The molecule has 0 bridgehead atoms. The maximum atomic E-state index is 12.0. The van der Waals surface area contributed by atoms with E-state index in [0.29, 0.717) is 11.1 Å². The molecule has 2 aromatic rings. The highest BCUT2D eigenvalue weighted by Crippen LogP contribution is 2.16. The Morgan fingerprint density at radius 1 is 1.05 bits per heavy atom. The summed E-state index contributed by atoms with van der Waals surface area (Å²) in [6.07, 6.45) is 0. The van der Waals surface area contributed by atoms with E-state index in [0.717, 1.165) is 0 Å². The van der Waals surface area contributed by atoms with Gasteiger partial charge in [0.05, 0.1) is 4.92 Å². The molecule has 0 spiro atoms. The number of nitrogens with zero attached hydrogens (tertiary/aromatic N) is 1. The highest BCUT2D eigenvalue weighted by Gasteiger charge is 2.12. The molecule has 0 aromatic heterocycles. The van der Waals surface area contributed by atoms with Crippen molar-refractivity contribution in [3.63, 3.8) is 0 Å². The van der Waals surface area contributed by atoms with E-state index in [1.54, 1.807) is 30.3 Å². The SMILES string of the molecule is NC(=O)CCl.O=C(c1ccccc1)c1cccc([N+](=O)[O-])c1. The molecule has 22 heavy (non-hydrogen) atoms. The zero-order valence-electron chi connectivity index (χ0n) is 11.4. The summed E-state index contributed by atoms with van der Waals surface area (Å²) in [5.41, 5.74) is 5.29. The Bertz CT molecular complexity index is 674. The van der Waals surface area contributed by atoms with Gasteiger partial charge in [0, 0.05) is 23.3 Å². The quantitative estimate of drug-likeness (QED) is 0.404. The number of rotatable bonds is 4. The Balaban J connectivity index is 0.000000422. The fourth-order valence-electron chi connectivity index (χ4n) is 1.52. The Hall–Kier alpha value is -2.73. The van der Waals surface area contributed by atoms with Gasteiger partial charge in [-0.3, -0.25) is 19.7 Å². The number of non-ortho nitro benzene ring substituents is 1. The number of ketones is 1. The fraction of sp³-hybridized carbons (Fsp3) is 0.0667. The summed E-state index contributed by atoms with van der Waals surface area (Å²) >= 11 is 4.86. The summed E-state index contributed by atoms with van der Waals surface area (Å²) in [6.45, 7) is 0. The van der Waals surface area contributed by atoms with Gasteiger partial charge in [0.25, 0.3) is 5.69 Å². The van der Waals surface area contributed by atoms with Crippen molar-refractivity contribution in [2.24, 2.45) is 5.73 Å². The van der Waals surface area contributed by atoms with Gasteiger partial charge in [-0.2, -0.15) is 0 Å². The van der Waals surface area contributed by atoms with Crippen LogP contribution in [0.1, 0.15) is 15.9 Å². The monoisotopic (exact) mass is 320 g/mol. The molecule has 0 fully saturated rings. The predicted molar refractivity (Wildman–Crippen MR) is 82.9 cm³/mol. The third-order valence-electron chi connectivity index (χ3n) is 2.49. The lowest BCUT2D eigenvalue weighted by molar-refractivity contribution is -0.384. The zero-order valence-corrected chi connectivity index (χ0v) is 12.2. The molecule has 0 unspecified atom stereocenters. The number of nitro benzene ring substituents is 1. The van der Waals surface area contributed by atoms with E-state index in [2.05, 4.69) is 5.73 Å². The fourth-order valence-corrected chi connectivity index (χ4v) is 1.52. The number of halogens is 1. The van der Waals surface area contributed by atoms with E-state index in [1.807, 2.05) is 6.07 Å². The lowest BCUT2D eigenvalue weighted by Gasteiger charge is -2.00. The van der Waals surface area contributed by atoms with Gasteiger partial charge >= 0.3 is 0 Å². The zero-order chi connectivity index (χ0) is 16.5. The van der Waals surface area contributed by atoms with E-state index in [1.165, 1.54) is 18.2 Å². The van der Waals surface area contributed by atoms with E-state index >= 15 is 0 Å². The molecule has 2 N–H and O–H groups in total. The summed E-state index contributed by atoms with van der Waals surface area (Å²) in [7, 11) is 0. The van der Waals surface area contributed by atoms with E-state index in [4.69, 9.17) is 11.6 Å². The Morgan fingerprint density at radius 3 is 2.09 bits per heavy atom. The molecule has 2 aromatic carbocycles. The predicted octanol–water partition coefficient (Wildman–Crippen LogP) is 2.54. The van der Waals surface area contributed by atoms with Gasteiger partial charge in [0.15, 0.2) is 5.78 Å². The van der Waals surface area contributed by atoms with Gasteiger partial charge in [-0.05, 0) is 0 Å². The maximum Gasteiger partial charge on any atom is 0.270 e. The Labute approximate surface area is 131 Å². The smallest absolute Gasteiger partial charge is 0.270 e. The average molecular weight is 321 g/mol. The van der Waals surface area contributed by atoms with Gasteiger partial charge in [-0.15, -0.1) is 11.6 Å². The molecule has 0 aliphatic rings. The van der Waals surface area contributed by atoms with Crippen LogP contribution in [0.15, 0.2) is 54.6 Å². The van der Waals surface area contributed by atoms with Gasteiger partial charge in [-0.25, -0.2) is 0 Å². The third kappa shape index (κ3) is 5.34. The van der Waals surface area contributed by atoms with Crippen molar-refractivity contribution in [1.29, 1.82) is 0 Å². The molecule has 1 amide bonds. The van der Waals surface area contributed by atoms with Crippen molar-refractivity contribution < 1.29 is 14.5 Å². The number of benzene rings is 2. The Kier molecular flexibility index (Phi) is 6.72. The largest absolute Gasteiger partial charge is 0.369 e. The first-order chi connectivity index (χ1) is 10.5. The van der Waals surface area contributed by atoms with Crippen molar-refractivity contribution in [3.8, 4) is 0 Å². The second-order valence-electron chi connectivity index (χ2n) is 4.10. The van der Waals surface area contributed by atoms with Crippen LogP contribution in [0.25, 0.3) is 0 Å². The van der Waals surface area contributed by atoms with Crippen molar-refractivity contribution in [2.45, 2.75) is 0 Å². The first kappa shape index (κ1) is 17.3. The van der Waals surface area contributed by atoms with Crippen LogP contribution in [-0.4, -0.2) is 22.5 Å². The van der Waals surface area contributed by atoms with Crippen LogP contribution in [0, 0.1) is 10.1 Å². The van der Waals surface area contributed by atoms with Crippen LogP contribution < -0.4 is 5.73 Å². The van der Waals surface area contributed by atoms with E-state index < -0.39 is 10.8 Å². The Morgan fingerprint density at radius 2 is 1.59 bits per heavy atom. The first-order valence-electron chi connectivity index (χ1n) is 6.14. The molecular weight excluding hydrogens is 308 g/mol. The minimum atomic E-state index is -0.512. The van der Waals surface area contributed by atoms with E-state index in [9.17, 15) is 19.7 Å². The molecule has 0 saturated carbocycles. The summed E-state index contributed by atoms with van der Waals surface area (Å²) in [5.74, 6) is -0.777. The van der Waals surface area contributed by atoms with Crippen molar-refractivity contribution >= 4 is 29.0 Å². The van der Waals surface area contributed by atoms with Gasteiger partial charge < -0.3 is 5.73 Å². The van der Waals surface area contributed by atoms with Crippen LogP contribution in [0.5, 0.6) is 0 Å². The first-order valence-corrected chi connectivity index (χ1v) is 6.67. The average Bonchev–Trinajstić information content (AvgIpc) is 2.55. The number of carbonyl (C=O) groups excluding carboxylic acids is 2. The topological polar surface area (TPSA) is 103 Å². The van der Waals surface area contributed by atoms with Crippen LogP contribution in [0.2, 0.25) is 0 Å². The van der Waals surface area contributed by atoms with Crippen molar-refractivity contribution in [1.82, 2.24) is 0 Å². The van der Waals surface area contributed by atoms with Gasteiger partial charge in [-0.1, -0.05) is 42.5 Å². The summed E-state index contributed by atoms with van der Waals surface area (Å²) in [4.78, 5) is 31.6. The summed E-state index contributed by atoms with van der Waals surface area (Å²) in [5, 5.41) is 10.6. The van der Waals surface area contributed by atoms with Crippen molar-refractivity contribution in [2.75, 3.05) is 5.88 Å². The number of nitro groups is 1. The molecule has 0 radical (unpaired) electrons. The summed E-state index contributed by atoms with van der Waals surface area (Å²) in [6, 6.07) is 14.4. The molecule has 0 aliphatic heterocycles. The molecule has 0 heterocycles. The van der Waals surface area contributed by atoms with E-state index in [-0.39, 0.29) is 17.4 Å². The number of primary amides is 1. The van der Waals surface area contributed by atoms with Crippen LogP contribution in [0.3, 0.4) is 0 Å². The molecular formula is C15H13ClN2O4. The molecule has 0 aliphatic carbocycles. The molecule has 6 nitrogen and oxygen atoms in total. The maximum absolute atomic E-state index is 12.0. The summed E-state index contributed by atoms with van der Waals surface area (Å²) < 4.78 is 0. The van der Waals surface area contributed by atoms with Crippen LogP contribution >= 0.6 is 11.6 Å². The standard InChI is InChI=1S/C13H9NO3.C2H4ClNO/c15-13(10-5-2-1-3-6-10)11-7-4-8-12(9-11)14(16)17;3-1-2(4)5/h1-9H;1H2,(H2,4,5). The molecule has 114 valence electrons. The third-order valence-corrected chi connectivity index (χ3v) is 2.75. The lowest BCUT2D eigenvalue weighted by Crippen LogP contribution is -2.10. The molecule has 7 heteroatoms. The van der Waals surface area contributed by atoms with Gasteiger partial charge in [0.1, 0.15) is 5.88 Å². The van der Waals surface area contributed by atoms with Crippen LogP contribution in [-0.2, 0) is 4.79 Å². The highest BCUT2D eigenvalue weighted by atomic mass is 35.5. The van der Waals surface area contributed by atoms with Crippen LogP contribution in [0.4, 0.5) is 5.69 Å².